The highest BCUT2D eigenvalue weighted by Crippen LogP contribution is 2.33. The van der Waals surface area contributed by atoms with E-state index in [0.29, 0.717) is 37.4 Å². The molecule has 0 fully saturated rings. The molecule has 0 unspecified atom stereocenters. The zero-order valence-electron chi connectivity index (χ0n) is 21.6. The van der Waals surface area contributed by atoms with E-state index in [9.17, 15) is 14.0 Å². The van der Waals surface area contributed by atoms with Gasteiger partial charge in [0.1, 0.15) is 5.82 Å². The number of hydrogen-bond acceptors (Lipinski definition) is 7. The fraction of sp³-hybridized carbons (Fsp3) is 0.286. The lowest BCUT2D eigenvalue weighted by Crippen LogP contribution is -2.38. The van der Waals surface area contributed by atoms with Crippen LogP contribution in [0.3, 0.4) is 0 Å². The number of halogens is 1. The van der Waals surface area contributed by atoms with E-state index in [2.05, 4.69) is 11.4 Å². The zero-order chi connectivity index (χ0) is 27.2. The summed E-state index contributed by atoms with van der Waals surface area (Å²) in [4.78, 5) is 28.7. The fourth-order valence-corrected chi connectivity index (χ4v) is 4.33. The Bertz CT molecular complexity index is 1360. The second kappa shape index (κ2) is 11.8. The van der Waals surface area contributed by atoms with Gasteiger partial charge in [0.2, 0.25) is 5.91 Å². The van der Waals surface area contributed by atoms with E-state index in [0.717, 1.165) is 28.5 Å². The van der Waals surface area contributed by atoms with Crippen molar-refractivity contribution in [2.24, 2.45) is 11.6 Å². The summed E-state index contributed by atoms with van der Waals surface area (Å²) in [6.07, 6.45) is 5.98. The first kappa shape index (κ1) is 26.7. The largest absolute Gasteiger partial charge is 0.449 e. The number of furan rings is 1. The normalized spacial score (nSPS) is 13.6. The fourth-order valence-electron chi connectivity index (χ4n) is 4.33. The number of fused-ring (bicyclic) bond motifs is 1. The van der Waals surface area contributed by atoms with Crippen LogP contribution in [0.1, 0.15) is 34.5 Å². The van der Waals surface area contributed by atoms with Crippen molar-refractivity contribution < 1.29 is 18.4 Å². The third-order valence-electron chi connectivity index (χ3n) is 6.37. The standard InChI is InChI=1S/C28H33FN6O3/c1-33(2)28(37)25-16-22-14-21(15-24(27(22)38-25)32-17-19-5-7-23(29)8-6-19)20-4-3-11-34(18-20)26(36)9-12-35(31)13-10-30/h4-8,10,13-16,32H,3,9,11-12,17-18,30-31H2,1-2H3/b13-10-. The minimum absolute atomic E-state index is 0.00869. The van der Waals surface area contributed by atoms with E-state index in [4.69, 9.17) is 16.0 Å². The summed E-state index contributed by atoms with van der Waals surface area (Å²) in [5.74, 6) is 5.50. The van der Waals surface area contributed by atoms with Crippen LogP contribution in [0.4, 0.5) is 10.1 Å². The molecule has 10 heteroatoms. The third kappa shape index (κ3) is 6.33. The highest BCUT2D eigenvalue weighted by Gasteiger charge is 2.22. The van der Waals surface area contributed by atoms with Crippen molar-refractivity contribution in [3.8, 4) is 0 Å². The Balaban J connectivity index is 1.60. The molecule has 0 bridgehead atoms. The second-order valence-electron chi connectivity index (χ2n) is 9.40. The molecule has 0 aliphatic carbocycles. The maximum Gasteiger partial charge on any atom is 0.289 e. The molecule has 0 atom stereocenters. The molecule has 9 nitrogen and oxygen atoms in total. The van der Waals surface area contributed by atoms with Crippen molar-refractivity contribution >= 4 is 34.0 Å². The molecule has 0 spiro atoms. The van der Waals surface area contributed by atoms with Gasteiger partial charge in [0.15, 0.2) is 11.3 Å². The average molecular weight is 521 g/mol. The minimum atomic E-state index is -0.297. The van der Waals surface area contributed by atoms with Crippen LogP contribution >= 0.6 is 0 Å². The average Bonchev–Trinajstić information content (AvgIpc) is 3.35. The number of rotatable bonds is 9. The lowest BCUT2D eigenvalue weighted by Gasteiger charge is -2.28. The Morgan fingerprint density at radius 1 is 1.18 bits per heavy atom. The summed E-state index contributed by atoms with van der Waals surface area (Å²) < 4.78 is 19.3. The molecule has 1 aromatic heterocycles. The molecular weight excluding hydrogens is 487 g/mol. The number of benzene rings is 2. The smallest absolute Gasteiger partial charge is 0.289 e. The number of hydrazine groups is 1. The molecule has 1 aliphatic rings. The topological polar surface area (TPSA) is 121 Å². The van der Waals surface area contributed by atoms with Gasteiger partial charge < -0.3 is 30.3 Å². The second-order valence-corrected chi connectivity index (χ2v) is 9.40. The summed E-state index contributed by atoms with van der Waals surface area (Å²) in [7, 11) is 3.34. The molecule has 2 heterocycles. The van der Waals surface area contributed by atoms with Gasteiger partial charge in [-0.2, -0.15) is 0 Å². The predicted molar refractivity (Wildman–Crippen MR) is 146 cm³/mol. The maximum atomic E-state index is 13.3. The molecule has 2 aromatic carbocycles. The van der Waals surface area contributed by atoms with Crippen LogP contribution in [0.5, 0.6) is 0 Å². The van der Waals surface area contributed by atoms with Crippen molar-refractivity contribution in [2.75, 3.05) is 39.0 Å². The van der Waals surface area contributed by atoms with Gasteiger partial charge >= 0.3 is 0 Å². The number of amides is 2. The highest BCUT2D eigenvalue weighted by molar-refractivity contribution is 6.00. The van der Waals surface area contributed by atoms with E-state index in [1.165, 1.54) is 34.4 Å². The SMILES string of the molecule is CN(C)C(=O)c1cc2cc(C3=CCCN(C(=O)CCN(N)/C=C\N)C3)cc(NCc3ccc(F)cc3)c2o1. The first-order chi connectivity index (χ1) is 18.2. The van der Waals surface area contributed by atoms with Gasteiger partial charge in [-0.25, -0.2) is 10.2 Å². The first-order valence-electron chi connectivity index (χ1n) is 12.4. The van der Waals surface area contributed by atoms with Gasteiger partial charge in [-0.3, -0.25) is 9.59 Å². The van der Waals surface area contributed by atoms with E-state index in [1.807, 2.05) is 17.0 Å². The molecule has 1 aliphatic heterocycles. The lowest BCUT2D eigenvalue weighted by atomic mass is 9.98. The Labute approximate surface area is 221 Å². The molecule has 0 saturated heterocycles. The zero-order valence-corrected chi connectivity index (χ0v) is 21.6. The number of carbonyl (C=O) groups excluding carboxylic acids is 2. The Kier molecular flexibility index (Phi) is 8.32. The van der Waals surface area contributed by atoms with Gasteiger partial charge in [-0.1, -0.05) is 18.2 Å². The number of nitrogens with one attached hydrogen (secondary N) is 1. The molecule has 5 N–H and O–H groups in total. The quantitative estimate of drug-likeness (QED) is 0.292. The lowest BCUT2D eigenvalue weighted by molar-refractivity contribution is -0.130. The van der Waals surface area contributed by atoms with Crippen LogP contribution < -0.4 is 16.9 Å². The highest BCUT2D eigenvalue weighted by atomic mass is 19.1. The number of nitrogens with zero attached hydrogens (tertiary/aromatic N) is 3. The maximum absolute atomic E-state index is 13.3. The minimum Gasteiger partial charge on any atom is -0.449 e. The molecule has 38 heavy (non-hydrogen) atoms. The van der Waals surface area contributed by atoms with Crippen LogP contribution in [0.25, 0.3) is 16.5 Å². The molecular formula is C28H33FN6O3. The van der Waals surface area contributed by atoms with Crippen LogP contribution in [0.15, 0.2) is 65.4 Å². The van der Waals surface area contributed by atoms with E-state index in [1.54, 1.807) is 32.3 Å². The molecule has 0 saturated carbocycles. The Morgan fingerprint density at radius 3 is 2.66 bits per heavy atom. The third-order valence-corrected chi connectivity index (χ3v) is 6.37. The summed E-state index contributed by atoms with van der Waals surface area (Å²) in [6.45, 7) is 1.89. The van der Waals surface area contributed by atoms with Crippen molar-refractivity contribution in [3.63, 3.8) is 0 Å². The number of anilines is 1. The first-order valence-corrected chi connectivity index (χ1v) is 12.4. The monoisotopic (exact) mass is 520 g/mol. The summed E-state index contributed by atoms with van der Waals surface area (Å²) in [6, 6.07) is 11.9. The van der Waals surface area contributed by atoms with Crippen LogP contribution in [0, 0.1) is 5.82 Å². The summed E-state index contributed by atoms with van der Waals surface area (Å²) >= 11 is 0. The summed E-state index contributed by atoms with van der Waals surface area (Å²) in [5, 5.41) is 5.53. The van der Waals surface area contributed by atoms with Gasteiger partial charge in [0.05, 0.1) is 5.69 Å². The van der Waals surface area contributed by atoms with Crippen LogP contribution in [0.2, 0.25) is 0 Å². The van der Waals surface area contributed by atoms with Crippen LogP contribution in [-0.2, 0) is 11.3 Å². The molecule has 0 radical (unpaired) electrons. The molecule has 200 valence electrons. The van der Waals surface area contributed by atoms with Gasteiger partial charge in [-0.05, 0) is 53.5 Å². The van der Waals surface area contributed by atoms with Crippen molar-refractivity contribution in [1.29, 1.82) is 0 Å². The van der Waals surface area contributed by atoms with Crippen molar-refractivity contribution in [3.05, 3.63) is 83.6 Å². The van der Waals surface area contributed by atoms with E-state index >= 15 is 0 Å². The predicted octanol–water partition coefficient (Wildman–Crippen LogP) is 3.50. The van der Waals surface area contributed by atoms with Gasteiger partial charge in [-0.15, -0.1) is 0 Å². The number of hydrogen-bond donors (Lipinski definition) is 3. The number of nitrogens with two attached hydrogens (primary N) is 2. The van der Waals surface area contributed by atoms with Gasteiger partial charge in [0, 0.05) is 64.5 Å². The Hall–Kier alpha value is -4.31. The van der Waals surface area contributed by atoms with Gasteiger partial charge in [0.25, 0.3) is 5.91 Å². The summed E-state index contributed by atoms with van der Waals surface area (Å²) in [5.41, 5.74) is 9.44. The molecule has 4 rings (SSSR count). The van der Waals surface area contributed by atoms with E-state index in [-0.39, 0.29) is 29.8 Å². The Morgan fingerprint density at radius 2 is 1.95 bits per heavy atom. The van der Waals surface area contributed by atoms with E-state index < -0.39 is 0 Å². The molecule has 3 aromatic rings. The van der Waals surface area contributed by atoms with Crippen molar-refractivity contribution in [2.45, 2.75) is 19.4 Å². The number of carbonyl (C=O) groups is 2. The molecule has 2 amide bonds. The van der Waals surface area contributed by atoms with Crippen molar-refractivity contribution in [1.82, 2.24) is 14.8 Å². The van der Waals surface area contributed by atoms with Crippen LogP contribution in [-0.4, -0.2) is 60.4 Å².